The van der Waals surface area contributed by atoms with Gasteiger partial charge in [-0.2, -0.15) is 4.98 Å². The van der Waals surface area contributed by atoms with Crippen LogP contribution in [0.1, 0.15) is 32.1 Å². The Morgan fingerprint density at radius 1 is 0.789 bits per heavy atom. The van der Waals surface area contributed by atoms with Gasteiger partial charge in [-0.1, -0.05) is 6.42 Å². The molecule has 4 aromatic rings. The van der Waals surface area contributed by atoms with Gasteiger partial charge in [-0.05, 0) is 87.3 Å². The molecule has 0 aliphatic carbocycles. The predicted octanol–water partition coefficient (Wildman–Crippen LogP) is 4.54. The van der Waals surface area contributed by atoms with Crippen LogP contribution in [0.25, 0.3) is 28.0 Å². The van der Waals surface area contributed by atoms with Crippen LogP contribution < -0.4 is 20.1 Å². The van der Waals surface area contributed by atoms with Gasteiger partial charge in [-0.15, -0.1) is 5.10 Å². The second-order valence-electron chi connectivity index (χ2n) is 10.1. The number of hydrogen-bond acceptors (Lipinski definition) is 8. The summed E-state index contributed by atoms with van der Waals surface area (Å²) < 4.78 is 12.4. The molecule has 2 N–H and O–H groups in total. The van der Waals surface area contributed by atoms with Crippen LogP contribution >= 0.6 is 0 Å². The Kier molecular flexibility index (Phi) is 6.76. The van der Waals surface area contributed by atoms with Gasteiger partial charge in [-0.25, -0.2) is 9.67 Å². The lowest BCUT2D eigenvalue weighted by molar-refractivity contribution is 0.141. The first-order valence-corrected chi connectivity index (χ1v) is 13.5. The number of nitrogens with two attached hydrogens (primary N) is 1. The van der Waals surface area contributed by atoms with Gasteiger partial charge < -0.3 is 25.0 Å². The molecule has 0 saturated carbocycles. The van der Waals surface area contributed by atoms with Crippen LogP contribution in [0.3, 0.4) is 0 Å². The van der Waals surface area contributed by atoms with Crippen LogP contribution in [0.15, 0.2) is 48.5 Å². The Bertz CT molecular complexity index is 1390. The number of likely N-dealkylation sites (tertiary alicyclic amines) is 1. The Morgan fingerprint density at radius 2 is 1.42 bits per heavy atom. The number of benzene rings is 2. The number of ether oxygens (including phenoxy) is 2. The molecular formula is C29H35N7O2. The summed E-state index contributed by atoms with van der Waals surface area (Å²) in [5.74, 6) is 2.78. The summed E-state index contributed by atoms with van der Waals surface area (Å²) in [6, 6.07) is 16.2. The monoisotopic (exact) mass is 513 g/mol. The maximum absolute atomic E-state index is 6.71. The second kappa shape index (κ2) is 10.5. The maximum atomic E-state index is 6.71. The first kappa shape index (κ1) is 24.5. The van der Waals surface area contributed by atoms with Crippen molar-refractivity contribution in [2.45, 2.75) is 38.1 Å². The van der Waals surface area contributed by atoms with Gasteiger partial charge in [0, 0.05) is 24.7 Å². The number of nitrogen functional groups attached to an aromatic ring is 1. The number of aromatic nitrogens is 4. The van der Waals surface area contributed by atoms with E-state index in [0.29, 0.717) is 23.5 Å². The van der Waals surface area contributed by atoms with Gasteiger partial charge in [0.2, 0.25) is 5.95 Å². The van der Waals surface area contributed by atoms with Crippen molar-refractivity contribution < 1.29 is 9.47 Å². The van der Waals surface area contributed by atoms with Crippen molar-refractivity contribution in [3.8, 4) is 28.4 Å². The van der Waals surface area contributed by atoms with E-state index in [4.69, 9.17) is 30.3 Å². The molecule has 2 aromatic carbocycles. The van der Waals surface area contributed by atoms with Crippen molar-refractivity contribution >= 4 is 22.8 Å². The van der Waals surface area contributed by atoms with Crippen LogP contribution in [0, 0.1) is 0 Å². The van der Waals surface area contributed by atoms with E-state index in [0.717, 1.165) is 59.8 Å². The molecule has 9 heteroatoms. The molecule has 0 unspecified atom stereocenters. The average molecular weight is 514 g/mol. The van der Waals surface area contributed by atoms with E-state index in [2.05, 4.69) is 9.80 Å². The quantitative estimate of drug-likeness (QED) is 0.402. The highest BCUT2D eigenvalue weighted by Crippen LogP contribution is 2.35. The predicted molar refractivity (Wildman–Crippen MR) is 150 cm³/mol. The second-order valence-corrected chi connectivity index (χ2v) is 10.1. The molecular weight excluding hydrogens is 478 g/mol. The molecule has 38 heavy (non-hydrogen) atoms. The number of methoxy groups -OCH3 is 2. The lowest BCUT2D eigenvalue weighted by Gasteiger charge is -2.40. The van der Waals surface area contributed by atoms with Gasteiger partial charge in [0.15, 0.2) is 5.65 Å². The van der Waals surface area contributed by atoms with Crippen molar-refractivity contribution in [3.05, 3.63) is 48.5 Å². The Morgan fingerprint density at radius 3 is 2.05 bits per heavy atom. The lowest BCUT2D eigenvalue weighted by Crippen LogP contribution is -2.47. The third-order valence-electron chi connectivity index (χ3n) is 7.89. The van der Waals surface area contributed by atoms with Crippen LogP contribution in [0.5, 0.6) is 11.5 Å². The Labute approximate surface area is 223 Å². The standard InChI is InChI=1S/C29H35N7O2/c1-37-23-10-6-20(7-11-23)26-25-27(30)36(22-8-12-24(38-2)13-9-22)33-28(25)32-29(31-26)35-18-14-21(15-19-35)34-16-4-3-5-17-34/h6-13,21H,3-5,14-19,30H2,1-2H3. The van der Waals surface area contributed by atoms with E-state index >= 15 is 0 Å². The van der Waals surface area contributed by atoms with E-state index in [1.54, 1.807) is 18.9 Å². The van der Waals surface area contributed by atoms with E-state index in [-0.39, 0.29) is 0 Å². The molecule has 6 rings (SSSR count). The molecule has 4 heterocycles. The minimum absolute atomic E-state index is 0.506. The Hall–Kier alpha value is -3.85. The number of fused-ring (bicyclic) bond motifs is 1. The average Bonchev–Trinajstić information content (AvgIpc) is 3.33. The van der Waals surface area contributed by atoms with Crippen LogP contribution in [0.2, 0.25) is 0 Å². The number of rotatable bonds is 6. The third kappa shape index (κ3) is 4.62. The maximum Gasteiger partial charge on any atom is 0.228 e. The molecule has 0 atom stereocenters. The molecule has 0 bridgehead atoms. The van der Waals surface area contributed by atoms with Crippen molar-refractivity contribution in [2.75, 3.05) is 51.0 Å². The van der Waals surface area contributed by atoms with Crippen molar-refractivity contribution in [1.29, 1.82) is 0 Å². The smallest absolute Gasteiger partial charge is 0.228 e. The zero-order chi connectivity index (χ0) is 26.1. The molecule has 0 spiro atoms. The molecule has 198 valence electrons. The van der Waals surface area contributed by atoms with Gasteiger partial charge >= 0.3 is 0 Å². The highest BCUT2D eigenvalue weighted by atomic mass is 16.5. The summed E-state index contributed by atoms with van der Waals surface area (Å²) in [5, 5.41) is 5.59. The largest absolute Gasteiger partial charge is 0.497 e. The molecule has 2 aliphatic heterocycles. The van der Waals surface area contributed by atoms with E-state index in [1.807, 2.05) is 48.5 Å². The van der Waals surface area contributed by atoms with Crippen LogP contribution in [0.4, 0.5) is 11.8 Å². The van der Waals surface area contributed by atoms with Gasteiger partial charge in [0.05, 0.1) is 31.0 Å². The molecule has 0 amide bonds. The summed E-state index contributed by atoms with van der Waals surface area (Å²) in [4.78, 5) is 15.0. The molecule has 2 aromatic heterocycles. The summed E-state index contributed by atoms with van der Waals surface area (Å²) in [6.45, 7) is 4.33. The van der Waals surface area contributed by atoms with E-state index in [9.17, 15) is 0 Å². The summed E-state index contributed by atoms with van der Waals surface area (Å²) in [7, 11) is 3.32. The van der Waals surface area contributed by atoms with Crippen LogP contribution in [-0.2, 0) is 0 Å². The number of piperidine rings is 2. The molecule has 2 aliphatic rings. The summed E-state index contributed by atoms with van der Waals surface area (Å²) in [5.41, 5.74) is 9.87. The number of anilines is 2. The molecule has 2 saturated heterocycles. The summed E-state index contributed by atoms with van der Waals surface area (Å²) in [6.07, 6.45) is 6.26. The number of nitrogens with zero attached hydrogens (tertiary/aromatic N) is 6. The fourth-order valence-corrected chi connectivity index (χ4v) is 5.73. The van der Waals surface area contributed by atoms with Gasteiger partial charge in [-0.3, -0.25) is 0 Å². The molecule has 9 nitrogen and oxygen atoms in total. The van der Waals surface area contributed by atoms with Crippen molar-refractivity contribution in [2.24, 2.45) is 0 Å². The van der Waals surface area contributed by atoms with E-state index < -0.39 is 0 Å². The highest BCUT2D eigenvalue weighted by molar-refractivity contribution is 5.99. The van der Waals surface area contributed by atoms with Crippen molar-refractivity contribution in [3.63, 3.8) is 0 Å². The normalized spacial score (nSPS) is 17.2. The lowest BCUT2D eigenvalue weighted by atomic mass is 10.00. The first-order valence-electron chi connectivity index (χ1n) is 13.5. The van der Waals surface area contributed by atoms with Crippen LogP contribution in [-0.4, -0.2) is 71.1 Å². The zero-order valence-corrected chi connectivity index (χ0v) is 22.1. The molecule has 2 fully saturated rings. The Balaban J connectivity index is 1.38. The fourth-order valence-electron chi connectivity index (χ4n) is 5.73. The van der Waals surface area contributed by atoms with Crippen molar-refractivity contribution in [1.82, 2.24) is 24.6 Å². The van der Waals surface area contributed by atoms with Gasteiger partial charge in [0.1, 0.15) is 17.3 Å². The topological polar surface area (TPSA) is 94.6 Å². The third-order valence-corrected chi connectivity index (χ3v) is 7.89. The minimum atomic E-state index is 0.506. The summed E-state index contributed by atoms with van der Waals surface area (Å²) >= 11 is 0. The fraction of sp³-hybridized carbons (Fsp3) is 0.414. The number of hydrogen-bond donors (Lipinski definition) is 1. The highest BCUT2D eigenvalue weighted by Gasteiger charge is 2.28. The van der Waals surface area contributed by atoms with E-state index in [1.165, 1.54) is 32.4 Å². The van der Waals surface area contributed by atoms with Gasteiger partial charge in [0.25, 0.3) is 0 Å². The zero-order valence-electron chi connectivity index (χ0n) is 22.1. The SMILES string of the molecule is COc1ccc(-c2nc(N3CCC(N4CCCCC4)CC3)nc3nn(-c4ccc(OC)cc4)c(N)c23)cc1. The minimum Gasteiger partial charge on any atom is -0.497 e. The molecule has 0 radical (unpaired) electrons. The first-order chi connectivity index (χ1) is 18.6.